The van der Waals surface area contributed by atoms with Gasteiger partial charge in [-0.1, -0.05) is 152 Å². The summed E-state index contributed by atoms with van der Waals surface area (Å²) in [5.74, 6) is 0. The maximum Gasteiger partial charge on any atom is 0.143 e. The van der Waals surface area contributed by atoms with Gasteiger partial charge in [0.1, 0.15) is 22.3 Å². The van der Waals surface area contributed by atoms with E-state index in [2.05, 4.69) is 215 Å². The highest BCUT2D eigenvalue weighted by atomic mass is 16.3. The molecule has 4 heteroatoms. The lowest BCUT2D eigenvalue weighted by Crippen LogP contribution is -1.98. The molecule has 0 radical (unpaired) electrons. The summed E-state index contributed by atoms with van der Waals surface area (Å²) >= 11 is 0. The van der Waals surface area contributed by atoms with Gasteiger partial charge >= 0.3 is 0 Å². The van der Waals surface area contributed by atoms with E-state index < -0.39 is 0 Å². The lowest BCUT2D eigenvalue weighted by atomic mass is 9.97. The minimum atomic E-state index is 0.894. The van der Waals surface area contributed by atoms with Crippen LogP contribution in [0.5, 0.6) is 0 Å². The van der Waals surface area contributed by atoms with Gasteiger partial charge in [0.05, 0.1) is 27.8 Å². The molecule has 0 aliphatic heterocycles. The van der Waals surface area contributed by atoms with Gasteiger partial charge < -0.3 is 18.0 Å². The van der Waals surface area contributed by atoms with E-state index in [4.69, 9.17) is 8.83 Å². The van der Waals surface area contributed by atoms with Crippen molar-refractivity contribution >= 4 is 87.5 Å². The predicted octanol–water partition coefficient (Wildman–Crippen LogP) is 16.7. The van der Waals surface area contributed by atoms with Crippen LogP contribution >= 0.6 is 0 Å². The SMILES string of the molecule is c1ccc(-n2c3ccccc3c3c(-c4ccccc4-n4c5ccc(-c6cccc7c6oc6ccccc67)cc5c5cc(-c6cccc7c6oc6ccccc67)ccc54)cccc32)cc1. The van der Waals surface area contributed by atoms with Crippen LogP contribution in [-0.4, -0.2) is 9.13 Å². The van der Waals surface area contributed by atoms with E-state index in [1.54, 1.807) is 0 Å². The van der Waals surface area contributed by atoms with Gasteiger partial charge in [-0.25, -0.2) is 0 Å². The van der Waals surface area contributed by atoms with Crippen LogP contribution in [-0.2, 0) is 0 Å². The zero-order valence-corrected chi connectivity index (χ0v) is 34.5. The van der Waals surface area contributed by atoms with Crippen molar-refractivity contribution in [3.05, 3.63) is 218 Å². The molecule has 14 aromatic rings. The third-order valence-corrected chi connectivity index (χ3v) is 13.3. The van der Waals surface area contributed by atoms with Crippen LogP contribution in [0.3, 0.4) is 0 Å². The van der Waals surface area contributed by atoms with Crippen molar-refractivity contribution in [3.63, 3.8) is 0 Å². The van der Waals surface area contributed by atoms with E-state index in [0.29, 0.717) is 0 Å². The Morgan fingerprint density at radius 3 is 1.41 bits per heavy atom. The maximum atomic E-state index is 6.60. The summed E-state index contributed by atoms with van der Waals surface area (Å²) in [6, 6.07) is 78.5. The first-order valence-corrected chi connectivity index (χ1v) is 21.8. The topological polar surface area (TPSA) is 36.1 Å². The summed E-state index contributed by atoms with van der Waals surface area (Å²) in [4.78, 5) is 0. The molecule has 4 nitrogen and oxygen atoms in total. The normalized spacial score (nSPS) is 12.1. The molecule has 0 saturated carbocycles. The van der Waals surface area contributed by atoms with E-state index >= 15 is 0 Å². The molecule has 0 aliphatic rings. The highest BCUT2D eigenvalue weighted by Crippen LogP contribution is 2.45. The van der Waals surface area contributed by atoms with E-state index in [9.17, 15) is 0 Å². The summed E-state index contributed by atoms with van der Waals surface area (Å²) in [7, 11) is 0. The van der Waals surface area contributed by atoms with Gasteiger partial charge in [-0.05, 0) is 83.4 Å². The molecule has 0 saturated heterocycles. The average Bonchev–Trinajstić information content (AvgIpc) is 4.12. The van der Waals surface area contributed by atoms with E-state index in [-0.39, 0.29) is 0 Å². The fourth-order valence-electron chi connectivity index (χ4n) is 10.6. The molecule has 10 aromatic carbocycles. The number of hydrogen-bond acceptors (Lipinski definition) is 2. The Labute approximate surface area is 367 Å². The molecule has 0 atom stereocenters. The highest BCUT2D eigenvalue weighted by molar-refractivity contribution is 6.18. The van der Waals surface area contributed by atoms with Gasteiger partial charge in [0, 0.05) is 65.5 Å². The fourth-order valence-corrected chi connectivity index (χ4v) is 10.6. The molecule has 4 heterocycles. The molecule has 0 unspecified atom stereocenters. The average molecular weight is 817 g/mol. The Bertz CT molecular complexity index is 4030. The molecule has 4 aromatic heterocycles. The largest absolute Gasteiger partial charge is 0.455 e. The first-order chi connectivity index (χ1) is 31.8. The van der Waals surface area contributed by atoms with Gasteiger partial charge in [0.15, 0.2) is 0 Å². The van der Waals surface area contributed by atoms with Gasteiger partial charge in [-0.2, -0.15) is 0 Å². The summed E-state index contributed by atoms with van der Waals surface area (Å²) in [6.45, 7) is 0. The lowest BCUT2D eigenvalue weighted by Gasteiger charge is -2.16. The second-order valence-electron chi connectivity index (χ2n) is 16.8. The number of hydrogen-bond donors (Lipinski definition) is 0. The lowest BCUT2D eigenvalue weighted by molar-refractivity contribution is 0.669. The van der Waals surface area contributed by atoms with Crippen LogP contribution < -0.4 is 0 Å². The fraction of sp³-hybridized carbons (Fsp3) is 0. The number of nitrogens with zero attached hydrogens (tertiary/aromatic N) is 2. The van der Waals surface area contributed by atoms with Crippen LogP contribution in [0, 0.1) is 0 Å². The molecule has 0 bridgehead atoms. The third kappa shape index (κ3) is 4.99. The predicted molar refractivity (Wildman–Crippen MR) is 266 cm³/mol. The highest BCUT2D eigenvalue weighted by Gasteiger charge is 2.22. The Balaban J connectivity index is 1.04. The molecule has 0 amide bonds. The minimum absolute atomic E-state index is 0.894. The molecular formula is C60H36N2O2. The zero-order chi connectivity index (χ0) is 41.9. The van der Waals surface area contributed by atoms with Crippen LogP contribution in [0.1, 0.15) is 0 Å². The molecule has 64 heavy (non-hydrogen) atoms. The molecule has 298 valence electrons. The number of benzene rings is 10. The van der Waals surface area contributed by atoms with Gasteiger partial charge in [-0.15, -0.1) is 0 Å². The second-order valence-corrected chi connectivity index (χ2v) is 16.8. The van der Waals surface area contributed by atoms with Crippen LogP contribution in [0.2, 0.25) is 0 Å². The Kier molecular flexibility index (Phi) is 7.36. The summed E-state index contributed by atoms with van der Waals surface area (Å²) in [5.41, 5.74) is 17.2. The Hall–Kier alpha value is -8.60. The first-order valence-electron chi connectivity index (χ1n) is 21.8. The van der Waals surface area contributed by atoms with Crippen molar-refractivity contribution in [2.24, 2.45) is 0 Å². The second kappa shape index (κ2) is 13.4. The van der Waals surface area contributed by atoms with Crippen molar-refractivity contribution in [2.75, 3.05) is 0 Å². The van der Waals surface area contributed by atoms with Crippen molar-refractivity contribution in [2.45, 2.75) is 0 Å². The Morgan fingerprint density at radius 2 is 0.750 bits per heavy atom. The minimum Gasteiger partial charge on any atom is -0.455 e. The maximum absolute atomic E-state index is 6.60. The van der Waals surface area contributed by atoms with Crippen molar-refractivity contribution < 1.29 is 8.83 Å². The third-order valence-electron chi connectivity index (χ3n) is 13.3. The molecule has 0 fully saturated rings. The quantitative estimate of drug-likeness (QED) is 0.173. The molecule has 0 N–H and O–H groups in total. The summed E-state index contributed by atoms with van der Waals surface area (Å²) in [6.07, 6.45) is 0. The number of fused-ring (bicyclic) bond motifs is 12. The summed E-state index contributed by atoms with van der Waals surface area (Å²) in [5, 5.41) is 9.27. The monoisotopic (exact) mass is 816 g/mol. The summed E-state index contributed by atoms with van der Waals surface area (Å²) < 4.78 is 18.1. The van der Waals surface area contributed by atoms with E-state index in [1.807, 2.05) is 12.1 Å². The zero-order valence-electron chi connectivity index (χ0n) is 34.5. The number of furan rings is 2. The molecular weight excluding hydrogens is 781 g/mol. The standard InChI is InChI=1S/C60H36N2O2/c1-2-15-39(16-3-1)61-52-27-9-5-20-48(52)58-45(23-14-28-55(58)61)42-17-4-8-26-51(42)62-53-33-31-37(40-21-12-24-46-43-18-6-10-29-56(43)63-59(40)46)35-49(53)50-36-38(32-34-54(50)62)41-22-13-25-47-44-19-7-11-30-57(44)64-60(41)47/h1-36H. The first kappa shape index (κ1) is 35.0. The van der Waals surface area contributed by atoms with Crippen molar-refractivity contribution in [3.8, 4) is 44.8 Å². The van der Waals surface area contributed by atoms with E-state index in [0.717, 1.165) is 105 Å². The van der Waals surface area contributed by atoms with Crippen LogP contribution in [0.25, 0.3) is 132 Å². The van der Waals surface area contributed by atoms with E-state index in [1.165, 1.54) is 27.4 Å². The molecule has 14 rings (SSSR count). The van der Waals surface area contributed by atoms with Crippen molar-refractivity contribution in [1.82, 2.24) is 9.13 Å². The van der Waals surface area contributed by atoms with Gasteiger partial charge in [-0.3, -0.25) is 0 Å². The van der Waals surface area contributed by atoms with Crippen molar-refractivity contribution in [1.29, 1.82) is 0 Å². The number of rotatable bonds is 5. The molecule has 0 aliphatic carbocycles. The van der Waals surface area contributed by atoms with Gasteiger partial charge in [0.25, 0.3) is 0 Å². The number of aromatic nitrogens is 2. The number of para-hydroxylation sites is 7. The Morgan fingerprint density at radius 1 is 0.281 bits per heavy atom. The van der Waals surface area contributed by atoms with Crippen LogP contribution in [0.15, 0.2) is 227 Å². The molecule has 0 spiro atoms. The van der Waals surface area contributed by atoms with Gasteiger partial charge in [0.2, 0.25) is 0 Å². The smallest absolute Gasteiger partial charge is 0.143 e. The van der Waals surface area contributed by atoms with Crippen LogP contribution in [0.4, 0.5) is 0 Å².